The largest absolute Gasteiger partial charge is 0.456 e. The van der Waals surface area contributed by atoms with E-state index in [9.17, 15) is 0 Å². The predicted molar refractivity (Wildman–Crippen MR) is 301 cm³/mol. The molecule has 72 heavy (non-hydrogen) atoms. The molecule has 0 atom stereocenters. The van der Waals surface area contributed by atoms with Crippen LogP contribution >= 0.6 is 11.3 Å². The van der Waals surface area contributed by atoms with Gasteiger partial charge in [0.25, 0.3) is 0 Å². The molecule has 0 N–H and O–H groups in total. The van der Waals surface area contributed by atoms with E-state index in [0.29, 0.717) is 0 Å². The Morgan fingerprint density at radius 3 is 1.26 bits per heavy atom. The molecule has 0 unspecified atom stereocenters. The third-order valence-electron chi connectivity index (χ3n) is 15.1. The molecule has 338 valence electrons. The Hall–Kier alpha value is -9.10. The minimum atomic E-state index is 0.857. The molecule has 0 amide bonds. The summed E-state index contributed by atoms with van der Waals surface area (Å²) < 4.78 is 21.4. The van der Waals surface area contributed by atoms with E-state index in [0.717, 1.165) is 113 Å². The summed E-state index contributed by atoms with van der Waals surface area (Å²) in [5.41, 5.74) is 15.7. The second-order valence-electron chi connectivity index (χ2n) is 19.1. The lowest BCUT2D eigenvalue weighted by molar-refractivity contribution is 0.661. The fourth-order valence-corrected chi connectivity index (χ4v) is 13.0. The second kappa shape index (κ2) is 15.2. The van der Waals surface area contributed by atoms with E-state index in [1.807, 2.05) is 11.3 Å². The number of para-hydroxylation sites is 2. The van der Waals surface area contributed by atoms with Crippen molar-refractivity contribution in [3.8, 4) is 10.4 Å². The van der Waals surface area contributed by atoms with Crippen LogP contribution in [0.3, 0.4) is 0 Å². The van der Waals surface area contributed by atoms with Gasteiger partial charge in [-0.2, -0.15) is 0 Å². The van der Waals surface area contributed by atoms with Crippen molar-refractivity contribution in [3.63, 3.8) is 0 Å². The van der Waals surface area contributed by atoms with Gasteiger partial charge in [0.15, 0.2) is 0 Å². The van der Waals surface area contributed by atoms with Gasteiger partial charge < -0.3 is 23.1 Å². The number of anilines is 6. The van der Waals surface area contributed by atoms with Gasteiger partial charge in [-0.1, -0.05) is 97.1 Å². The van der Waals surface area contributed by atoms with E-state index in [2.05, 4.69) is 228 Å². The summed E-state index contributed by atoms with van der Waals surface area (Å²) in [6, 6.07) is 78.3. The highest BCUT2D eigenvalue weighted by Gasteiger charge is 2.27. The maximum Gasteiger partial charge on any atom is 0.139 e. The lowest BCUT2D eigenvalue weighted by Crippen LogP contribution is -2.09. The molecule has 15 aromatic rings. The van der Waals surface area contributed by atoms with E-state index < -0.39 is 0 Å². The normalized spacial score (nSPS) is 12.6. The molecule has 0 spiro atoms. The Morgan fingerprint density at radius 1 is 0.306 bits per heavy atom. The molecule has 4 aromatic heterocycles. The standard InChI is InChI=1S/C66H40N2O3S/c1-3-15-43(16-4-1)67(45-20-24-50-57-31-39-11-7-9-13-41(39)33-59(57)69-61(50)35-45)47-19-23-49-53-27-30-56-54(65(53)71-63(49)37-47)28-29-55-52-26-22-48(38-64(52)72-66(55)56)68(44-17-5-2-6-18-44)46-21-25-51-58-32-40-12-8-10-14-42(40)34-60(58)70-62(51)36-46/h1-27,30-38H,28-29H2. The Bertz CT molecular complexity index is 4710. The summed E-state index contributed by atoms with van der Waals surface area (Å²) in [6.45, 7) is 0. The summed E-state index contributed by atoms with van der Waals surface area (Å²) in [6.07, 6.45) is 1.86. The van der Waals surface area contributed by atoms with Crippen LogP contribution in [0.5, 0.6) is 0 Å². The molecule has 0 aliphatic heterocycles. The van der Waals surface area contributed by atoms with Gasteiger partial charge in [0.2, 0.25) is 0 Å². The topological polar surface area (TPSA) is 45.9 Å². The van der Waals surface area contributed by atoms with Crippen molar-refractivity contribution in [1.29, 1.82) is 0 Å². The number of hydrogen-bond acceptors (Lipinski definition) is 6. The summed E-state index contributed by atoms with van der Waals surface area (Å²) in [5, 5.41) is 12.8. The van der Waals surface area contributed by atoms with E-state index in [4.69, 9.17) is 13.3 Å². The Labute approximate surface area is 416 Å². The van der Waals surface area contributed by atoms with E-state index in [1.54, 1.807) is 0 Å². The monoisotopic (exact) mass is 940 g/mol. The van der Waals surface area contributed by atoms with Crippen molar-refractivity contribution in [2.24, 2.45) is 0 Å². The smallest absolute Gasteiger partial charge is 0.139 e. The minimum Gasteiger partial charge on any atom is -0.456 e. The Morgan fingerprint density at radius 2 is 0.722 bits per heavy atom. The summed E-state index contributed by atoms with van der Waals surface area (Å²) in [7, 11) is 0. The van der Waals surface area contributed by atoms with Crippen molar-refractivity contribution < 1.29 is 13.3 Å². The molecule has 4 heterocycles. The number of rotatable bonds is 6. The molecule has 0 bridgehead atoms. The lowest BCUT2D eigenvalue weighted by atomic mass is 9.88. The van der Waals surface area contributed by atoms with Gasteiger partial charge >= 0.3 is 0 Å². The van der Waals surface area contributed by atoms with Crippen molar-refractivity contribution in [2.45, 2.75) is 12.8 Å². The summed E-state index contributed by atoms with van der Waals surface area (Å²) in [4.78, 5) is 5.97. The van der Waals surface area contributed by atoms with Crippen LogP contribution in [0.2, 0.25) is 0 Å². The van der Waals surface area contributed by atoms with Crippen molar-refractivity contribution in [1.82, 2.24) is 0 Å². The first-order valence-corrected chi connectivity index (χ1v) is 25.4. The molecule has 0 saturated carbocycles. The number of thiophene rings is 1. The zero-order chi connectivity index (χ0) is 47.0. The summed E-state index contributed by atoms with van der Waals surface area (Å²) >= 11 is 1.89. The first-order valence-electron chi connectivity index (χ1n) is 24.6. The first kappa shape index (κ1) is 39.7. The highest BCUT2D eigenvalue weighted by atomic mass is 32.1. The second-order valence-corrected chi connectivity index (χ2v) is 20.2. The predicted octanol–water partition coefficient (Wildman–Crippen LogP) is 19.6. The van der Waals surface area contributed by atoms with Crippen LogP contribution in [0.4, 0.5) is 34.1 Å². The third kappa shape index (κ3) is 6.00. The van der Waals surface area contributed by atoms with Crippen LogP contribution in [0.25, 0.3) is 108 Å². The van der Waals surface area contributed by atoms with Crippen LogP contribution < -0.4 is 9.80 Å². The molecule has 0 fully saturated rings. The number of fused-ring (bicyclic) bond motifs is 17. The first-order chi connectivity index (χ1) is 35.6. The number of benzene rings is 11. The van der Waals surface area contributed by atoms with E-state index in [1.165, 1.54) is 53.2 Å². The van der Waals surface area contributed by atoms with Gasteiger partial charge in [-0.15, -0.1) is 11.3 Å². The van der Waals surface area contributed by atoms with Crippen LogP contribution in [0.1, 0.15) is 11.1 Å². The average Bonchev–Trinajstić information content (AvgIpc) is 4.19. The molecular weight excluding hydrogens is 901 g/mol. The lowest BCUT2D eigenvalue weighted by Gasteiger charge is -2.25. The number of aryl methyl sites for hydroxylation is 2. The molecule has 5 nitrogen and oxygen atoms in total. The fraction of sp³-hybridized carbons (Fsp3) is 0.0303. The van der Waals surface area contributed by atoms with Crippen molar-refractivity contribution in [2.75, 3.05) is 9.80 Å². The average molecular weight is 941 g/mol. The van der Waals surface area contributed by atoms with Gasteiger partial charge in [-0.3, -0.25) is 0 Å². The van der Waals surface area contributed by atoms with Gasteiger partial charge in [-0.05, 0) is 154 Å². The quantitative estimate of drug-likeness (QED) is 0.166. The molecule has 0 saturated heterocycles. The number of nitrogens with zero attached hydrogens (tertiary/aromatic N) is 2. The van der Waals surface area contributed by atoms with E-state index in [-0.39, 0.29) is 0 Å². The van der Waals surface area contributed by atoms with Crippen LogP contribution in [-0.2, 0) is 12.8 Å². The van der Waals surface area contributed by atoms with Crippen LogP contribution in [0.15, 0.2) is 232 Å². The van der Waals surface area contributed by atoms with Gasteiger partial charge in [-0.25, -0.2) is 0 Å². The van der Waals surface area contributed by atoms with Gasteiger partial charge in [0.1, 0.15) is 33.5 Å². The zero-order valence-corrected chi connectivity index (χ0v) is 39.5. The highest BCUT2D eigenvalue weighted by molar-refractivity contribution is 7.22. The summed E-state index contributed by atoms with van der Waals surface area (Å²) in [5.74, 6) is 0. The third-order valence-corrected chi connectivity index (χ3v) is 16.3. The molecule has 0 radical (unpaired) electrons. The molecule has 6 heteroatoms. The highest BCUT2D eigenvalue weighted by Crippen LogP contribution is 2.50. The molecule has 16 rings (SSSR count). The number of furan rings is 3. The van der Waals surface area contributed by atoms with Gasteiger partial charge in [0, 0.05) is 99.8 Å². The zero-order valence-electron chi connectivity index (χ0n) is 38.7. The van der Waals surface area contributed by atoms with Crippen LogP contribution in [0, 0.1) is 0 Å². The SMILES string of the molecule is c1ccc(N(c2ccc3c(c2)oc2cc4ccccc4cc23)c2ccc3c(c2)oc2c4c(ccc23)-c2sc3cc(N(c5ccccc5)c5ccc6c(c5)oc5cc7ccccc7cc56)ccc3c2CC4)cc1. The maximum atomic E-state index is 7.01. The molecular formula is C66H40N2O3S. The fourth-order valence-electron chi connectivity index (χ4n) is 11.7. The van der Waals surface area contributed by atoms with Crippen LogP contribution in [-0.4, -0.2) is 0 Å². The minimum absolute atomic E-state index is 0.857. The Kier molecular flexibility index (Phi) is 8.38. The molecule has 1 aliphatic carbocycles. The molecule has 11 aromatic carbocycles. The van der Waals surface area contributed by atoms with Gasteiger partial charge in [0.05, 0.1) is 0 Å². The maximum absolute atomic E-state index is 7.01. The van der Waals surface area contributed by atoms with Crippen molar-refractivity contribution >= 4 is 143 Å². The van der Waals surface area contributed by atoms with E-state index >= 15 is 0 Å². The Balaban J connectivity index is 0.778. The number of hydrogen-bond donors (Lipinski definition) is 0. The van der Waals surface area contributed by atoms with Crippen molar-refractivity contribution in [3.05, 3.63) is 230 Å². The molecule has 1 aliphatic rings.